The van der Waals surface area contributed by atoms with Crippen molar-refractivity contribution < 1.29 is 24.0 Å². The largest absolute Gasteiger partial charge is 0.452 e. The zero-order valence-electron chi connectivity index (χ0n) is 14.9. The molecule has 2 rings (SSSR count). The number of rotatable bonds is 9. The SMILES string of the molecule is COCCN(Cc1ccccc1)C(=O)COC(=O)c1ccc([N+](=O)[O-])cc1. The number of nitro benzene ring substituents is 1. The van der Waals surface area contributed by atoms with Gasteiger partial charge in [-0.1, -0.05) is 30.3 Å². The van der Waals surface area contributed by atoms with Crippen molar-refractivity contribution in [2.24, 2.45) is 0 Å². The minimum Gasteiger partial charge on any atom is -0.452 e. The lowest BCUT2D eigenvalue weighted by Gasteiger charge is -2.22. The summed E-state index contributed by atoms with van der Waals surface area (Å²) in [6.07, 6.45) is 0. The highest BCUT2D eigenvalue weighted by molar-refractivity contribution is 5.91. The van der Waals surface area contributed by atoms with Crippen LogP contribution >= 0.6 is 0 Å². The van der Waals surface area contributed by atoms with Crippen LogP contribution in [0.2, 0.25) is 0 Å². The molecule has 0 heterocycles. The lowest BCUT2D eigenvalue weighted by Crippen LogP contribution is -2.36. The Morgan fingerprint density at radius 2 is 1.74 bits per heavy atom. The number of methoxy groups -OCH3 is 1. The van der Waals surface area contributed by atoms with Gasteiger partial charge in [-0.25, -0.2) is 4.79 Å². The summed E-state index contributed by atoms with van der Waals surface area (Å²) in [5, 5.41) is 10.6. The molecule has 0 N–H and O–H groups in total. The highest BCUT2D eigenvalue weighted by Crippen LogP contribution is 2.13. The number of nitro groups is 1. The van der Waals surface area contributed by atoms with Crippen molar-refractivity contribution in [3.63, 3.8) is 0 Å². The van der Waals surface area contributed by atoms with Crippen molar-refractivity contribution in [2.75, 3.05) is 26.9 Å². The van der Waals surface area contributed by atoms with Gasteiger partial charge in [0.25, 0.3) is 11.6 Å². The van der Waals surface area contributed by atoms with Crippen molar-refractivity contribution in [3.05, 3.63) is 75.8 Å². The minimum absolute atomic E-state index is 0.128. The van der Waals surface area contributed by atoms with Crippen LogP contribution in [-0.2, 0) is 20.8 Å². The third-order valence-corrected chi connectivity index (χ3v) is 3.77. The van der Waals surface area contributed by atoms with Crippen LogP contribution in [0.15, 0.2) is 54.6 Å². The average molecular weight is 372 g/mol. The van der Waals surface area contributed by atoms with E-state index in [0.717, 1.165) is 5.56 Å². The van der Waals surface area contributed by atoms with E-state index in [1.807, 2.05) is 30.3 Å². The van der Waals surface area contributed by atoms with E-state index in [9.17, 15) is 19.7 Å². The van der Waals surface area contributed by atoms with Crippen LogP contribution in [0.1, 0.15) is 15.9 Å². The maximum Gasteiger partial charge on any atom is 0.338 e. The van der Waals surface area contributed by atoms with Gasteiger partial charge in [0.15, 0.2) is 6.61 Å². The highest BCUT2D eigenvalue weighted by Gasteiger charge is 2.17. The van der Waals surface area contributed by atoms with E-state index in [0.29, 0.717) is 19.7 Å². The number of ether oxygens (including phenoxy) is 2. The molecule has 142 valence electrons. The Morgan fingerprint density at radius 3 is 2.33 bits per heavy atom. The maximum absolute atomic E-state index is 12.4. The molecule has 2 aromatic carbocycles. The summed E-state index contributed by atoms with van der Waals surface area (Å²) in [7, 11) is 1.54. The lowest BCUT2D eigenvalue weighted by molar-refractivity contribution is -0.384. The molecular formula is C19H20N2O6. The first-order chi connectivity index (χ1) is 13.0. The van der Waals surface area contributed by atoms with Gasteiger partial charge in [0.05, 0.1) is 17.1 Å². The van der Waals surface area contributed by atoms with Gasteiger partial charge in [-0.15, -0.1) is 0 Å². The van der Waals surface area contributed by atoms with Crippen molar-refractivity contribution >= 4 is 17.6 Å². The Hall–Kier alpha value is -3.26. The number of amides is 1. The predicted molar refractivity (Wildman–Crippen MR) is 97.1 cm³/mol. The molecule has 0 bridgehead atoms. The van der Waals surface area contributed by atoms with Crippen molar-refractivity contribution in [1.29, 1.82) is 0 Å². The molecule has 0 saturated heterocycles. The van der Waals surface area contributed by atoms with Gasteiger partial charge in [-0.3, -0.25) is 14.9 Å². The summed E-state index contributed by atoms with van der Waals surface area (Å²) in [6.45, 7) is 0.665. The normalized spacial score (nSPS) is 10.3. The number of benzene rings is 2. The second kappa shape index (κ2) is 10.0. The number of hydrogen-bond donors (Lipinski definition) is 0. The fourth-order valence-corrected chi connectivity index (χ4v) is 2.32. The Labute approximate surface area is 156 Å². The molecule has 8 nitrogen and oxygen atoms in total. The number of nitrogens with zero attached hydrogens (tertiary/aromatic N) is 2. The average Bonchev–Trinajstić information content (AvgIpc) is 2.69. The van der Waals surface area contributed by atoms with Gasteiger partial charge < -0.3 is 14.4 Å². The maximum atomic E-state index is 12.4. The van der Waals surface area contributed by atoms with Gasteiger partial charge in [0.1, 0.15) is 0 Å². The first-order valence-corrected chi connectivity index (χ1v) is 8.23. The van der Waals surface area contributed by atoms with E-state index in [1.165, 1.54) is 24.3 Å². The van der Waals surface area contributed by atoms with Crippen LogP contribution in [0.4, 0.5) is 5.69 Å². The second-order valence-corrected chi connectivity index (χ2v) is 5.67. The van der Waals surface area contributed by atoms with Gasteiger partial charge in [0.2, 0.25) is 0 Å². The molecule has 8 heteroatoms. The second-order valence-electron chi connectivity index (χ2n) is 5.67. The molecule has 1 amide bonds. The number of carbonyl (C=O) groups excluding carboxylic acids is 2. The molecule has 0 aliphatic heterocycles. The smallest absolute Gasteiger partial charge is 0.338 e. The molecule has 0 unspecified atom stereocenters. The zero-order valence-corrected chi connectivity index (χ0v) is 14.9. The molecule has 0 fully saturated rings. The van der Waals surface area contributed by atoms with Gasteiger partial charge in [-0.2, -0.15) is 0 Å². The first-order valence-electron chi connectivity index (χ1n) is 8.23. The van der Waals surface area contributed by atoms with E-state index in [4.69, 9.17) is 9.47 Å². The van der Waals surface area contributed by atoms with E-state index in [1.54, 1.807) is 12.0 Å². The van der Waals surface area contributed by atoms with E-state index in [2.05, 4.69) is 0 Å². The molecular weight excluding hydrogens is 352 g/mol. The van der Waals surface area contributed by atoms with Crippen LogP contribution in [0.25, 0.3) is 0 Å². The van der Waals surface area contributed by atoms with Gasteiger partial charge in [0, 0.05) is 32.3 Å². The molecule has 0 radical (unpaired) electrons. The third kappa shape index (κ3) is 6.19. The van der Waals surface area contributed by atoms with Crippen LogP contribution in [0, 0.1) is 10.1 Å². The van der Waals surface area contributed by atoms with E-state index in [-0.39, 0.29) is 17.2 Å². The van der Waals surface area contributed by atoms with Gasteiger partial charge in [-0.05, 0) is 17.7 Å². The van der Waals surface area contributed by atoms with Crippen molar-refractivity contribution in [1.82, 2.24) is 4.90 Å². The summed E-state index contributed by atoms with van der Waals surface area (Å²) < 4.78 is 10.1. The first kappa shape index (κ1) is 20.1. The summed E-state index contributed by atoms with van der Waals surface area (Å²) in [5.41, 5.74) is 0.958. The van der Waals surface area contributed by atoms with Crippen LogP contribution < -0.4 is 0 Å². The van der Waals surface area contributed by atoms with E-state index < -0.39 is 17.5 Å². The Kier molecular flexibility index (Phi) is 7.45. The lowest BCUT2D eigenvalue weighted by atomic mass is 10.2. The summed E-state index contributed by atoms with van der Waals surface area (Å²) >= 11 is 0. The quantitative estimate of drug-likeness (QED) is 0.381. The fourth-order valence-electron chi connectivity index (χ4n) is 2.32. The number of esters is 1. The van der Waals surface area contributed by atoms with Crippen LogP contribution in [0.5, 0.6) is 0 Å². The molecule has 0 spiro atoms. The number of carbonyl (C=O) groups is 2. The highest BCUT2D eigenvalue weighted by atomic mass is 16.6. The number of hydrogen-bond acceptors (Lipinski definition) is 6. The minimum atomic E-state index is -0.718. The summed E-state index contributed by atoms with van der Waals surface area (Å²) in [4.78, 5) is 36.1. The van der Waals surface area contributed by atoms with Gasteiger partial charge >= 0.3 is 5.97 Å². The topological polar surface area (TPSA) is 99.0 Å². The molecule has 27 heavy (non-hydrogen) atoms. The van der Waals surface area contributed by atoms with E-state index >= 15 is 0 Å². The van der Waals surface area contributed by atoms with Crippen molar-refractivity contribution in [2.45, 2.75) is 6.54 Å². The molecule has 0 aromatic heterocycles. The standard InChI is InChI=1S/C19H20N2O6/c1-26-12-11-20(13-15-5-3-2-4-6-15)18(22)14-27-19(23)16-7-9-17(10-8-16)21(24)25/h2-10H,11-14H2,1H3. The third-order valence-electron chi connectivity index (χ3n) is 3.77. The van der Waals surface area contributed by atoms with Crippen molar-refractivity contribution in [3.8, 4) is 0 Å². The predicted octanol–water partition coefficient (Wildman–Crippen LogP) is 2.43. The number of non-ortho nitro benzene ring substituents is 1. The molecule has 2 aromatic rings. The Balaban J connectivity index is 1.95. The summed E-state index contributed by atoms with van der Waals surface area (Å²) in [5.74, 6) is -1.07. The molecule has 0 atom stereocenters. The molecule has 0 aliphatic rings. The Morgan fingerprint density at radius 1 is 1.07 bits per heavy atom. The molecule has 0 aliphatic carbocycles. The van der Waals surface area contributed by atoms with Crippen LogP contribution in [-0.4, -0.2) is 48.6 Å². The Bertz CT molecular complexity index is 777. The zero-order chi connectivity index (χ0) is 19.6. The van der Waals surface area contributed by atoms with Crippen LogP contribution in [0.3, 0.4) is 0 Å². The fraction of sp³-hybridized carbons (Fsp3) is 0.263. The summed E-state index contributed by atoms with van der Waals surface area (Å²) in [6, 6.07) is 14.4. The molecule has 0 saturated carbocycles. The monoisotopic (exact) mass is 372 g/mol.